The molecule has 4 rings (SSSR count). The monoisotopic (exact) mass is 394 g/mol. The van der Waals surface area contributed by atoms with E-state index < -0.39 is 0 Å². The van der Waals surface area contributed by atoms with Gasteiger partial charge in [0.2, 0.25) is 0 Å². The molecule has 0 amide bonds. The molecule has 7 nitrogen and oxygen atoms in total. The molecular formula is C20H23N6OP. The van der Waals surface area contributed by atoms with Crippen molar-refractivity contribution in [2.75, 3.05) is 6.61 Å². The van der Waals surface area contributed by atoms with E-state index in [9.17, 15) is 0 Å². The van der Waals surface area contributed by atoms with Crippen molar-refractivity contribution < 1.29 is 5.11 Å². The quantitative estimate of drug-likeness (QED) is 0.509. The maximum atomic E-state index is 9.11. The molecule has 0 aromatic carbocycles. The minimum absolute atomic E-state index is 0.158. The minimum Gasteiger partial charge on any atom is -0.396 e. The summed E-state index contributed by atoms with van der Waals surface area (Å²) in [4.78, 5) is 17.0. The van der Waals surface area contributed by atoms with Crippen LogP contribution in [0.25, 0.3) is 33.1 Å². The number of aliphatic hydroxyl groups excluding tert-OH is 1. The van der Waals surface area contributed by atoms with E-state index in [4.69, 9.17) is 5.11 Å². The molecule has 4 aromatic heterocycles. The molecule has 0 aliphatic carbocycles. The van der Waals surface area contributed by atoms with Crippen molar-refractivity contribution in [2.45, 2.75) is 39.7 Å². The van der Waals surface area contributed by atoms with E-state index >= 15 is 0 Å². The van der Waals surface area contributed by atoms with Crippen LogP contribution < -0.4 is 0 Å². The highest BCUT2D eigenvalue weighted by Crippen LogP contribution is 2.33. The van der Waals surface area contributed by atoms with Crippen molar-refractivity contribution in [2.24, 2.45) is 0 Å². The third-order valence-corrected chi connectivity index (χ3v) is 5.91. The number of fused-ring (bicyclic) bond motifs is 1. The summed E-state index contributed by atoms with van der Waals surface area (Å²) >= 11 is 0. The Labute approximate surface area is 165 Å². The van der Waals surface area contributed by atoms with E-state index in [-0.39, 0.29) is 6.61 Å². The predicted octanol–water partition coefficient (Wildman–Crippen LogP) is 4.28. The first-order valence-electron chi connectivity index (χ1n) is 9.40. The number of aromatic amines is 1. The summed E-state index contributed by atoms with van der Waals surface area (Å²) in [6.07, 6.45) is 7.18. The SMILES string of the molecule is Cc1nc(CCCO)cc(-c2c[nH]c3ncc(-c4cnn(C(C)C)p4)cc23)n1. The summed E-state index contributed by atoms with van der Waals surface area (Å²) in [6, 6.07) is 4.51. The number of nitrogens with zero attached hydrogens (tertiary/aromatic N) is 5. The van der Waals surface area contributed by atoms with Gasteiger partial charge in [0.1, 0.15) is 11.5 Å². The van der Waals surface area contributed by atoms with Gasteiger partial charge in [0.15, 0.2) is 0 Å². The molecule has 8 heteroatoms. The molecule has 144 valence electrons. The van der Waals surface area contributed by atoms with Crippen LogP contribution >= 0.6 is 8.35 Å². The van der Waals surface area contributed by atoms with Crippen molar-refractivity contribution in [1.82, 2.24) is 29.5 Å². The van der Waals surface area contributed by atoms with Gasteiger partial charge in [-0.05, 0) is 45.7 Å². The molecular weight excluding hydrogens is 371 g/mol. The molecule has 0 saturated heterocycles. The zero-order valence-corrected chi connectivity index (χ0v) is 17.1. The van der Waals surface area contributed by atoms with Crippen LogP contribution in [0, 0.1) is 6.92 Å². The summed E-state index contributed by atoms with van der Waals surface area (Å²) in [7, 11) is 1.07. The van der Waals surface area contributed by atoms with Crippen LogP contribution in [0.2, 0.25) is 0 Å². The number of H-pyrrole nitrogens is 1. The predicted molar refractivity (Wildman–Crippen MR) is 111 cm³/mol. The van der Waals surface area contributed by atoms with Gasteiger partial charge in [-0.1, -0.05) is 0 Å². The summed E-state index contributed by atoms with van der Waals surface area (Å²) in [5.41, 5.74) is 4.72. The van der Waals surface area contributed by atoms with Gasteiger partial charge in [0, 0.05) is 54.9 Å². The second-order valence-electron chi connectivity index (χ2n) is 7.09. The number of pyridine rings is 1. The number of rotatable bonds is 6. The average molecular weight is 394 g/mol. The molecule has 28 heavy (non-hydrogen) atoms. The maximum Gasteiger partial charge on any atom is 0.137 e. The molecule has 4 heterocycles. The van der Waals surface area contributed by atoms with Gasteiger partial charge in [0.25, 0.3) is 0 Å². The third-order valence-electron chi connectivity index (χ3n) is 4.56. The molecule has 0 spiro atoms. The molecule has 0 aliphatic heterocycles. The van der Waals surface area contributed by atoms with Gasteiger partial charge in [-0.15, -0.1) is 0 Å². The maximum absolute atomic E-state index is 9.11. The number of hydrogen-bond acceptors (Lipinski definition) is 5. The van der Waals surface area contributed by atoms with Crippen LogP contribution in [0.3, 0.4) is 0 Å². The van der Waals surface area contributed by atoms with E-state index in [1.54, 1.807) is 0 Å². The Kier molecular flexibility index (Phi) is 5.20. The lowest BCUT2D eigenvalue weighted by Gasteiger charge is -2.06. The zero-order valence-electron chi connectivity index (χ0n) is 16.2. The molecule has 0 aliphatic rings. The zero-order chi connectivity index (χ0) is 19.7. The largest absolute Gasteiger partial charge is 0.396 e. The first-order chi connectivity index (χ1) is 13.5. The van der Waals surface area contributed by atoms with E-state index in [0.717, 1.165) is 59.4 Å². The van der Waals surface area contributed by atoms with Crippen LogP contribution in [0.1, 0.15) is 37.8 Å². The second-order valence-corrected chi connectivity index (χ2v) is 8.18. The van der Waals surface area contributed by atoms with Gasteiger partial charge >= 0.3 is 0 Å². The Bertz CT molecular complexity index is 1120. The van der Waals surface area contributed by atoms with Gasteiger partial charge < -0.3 is 10.1 Å². The Morgan fingerprint density at radius 2 is 2.07 bits per heavy atom. The van der Waals surface area contributed by atoms with Crippen LogP contribution in [-0.4, -0.2) is 41.2 Å². The number of aromatic nitrogens is 6. The summed E-state index contributed by atoms with van der Waals surface area (Å²) in [6.45, 7) is 6.32. The molecule has 0 atom stereocenters. The Morgan fingerprint density at radius 3 is 2.82 bits per heavy atom. The Morgan fingerprint density at radius 1 is 1.21 bits per heavy atom. The summed E-state index contributed by atoms with van der Waals surface area (Å²) < 4.78 is 2.04. The Hall–Kier alpha value is -2.63. The molecule has 0 unspecified atom stereocenters. The minimum atomic E-state index is 0.158. The fourth-order valence-corrected chi connectivity index (χ4v) is 4.06. The smallest absolute Gasteiger partial charge is 0.137 e. The standard InChI is InChI=1S/C20H23N6OP/c1-12(2)26-23-11-19(28-26)14-7-16-17(10-22-20(16)21-9-14)18-8-15(5-4-6-27)24-13(3)25-18/h7-12,27H,4-6H2,1-3H3,(H,21,22). The van der Waals surface area contributed by atoms with Gasteiger partial charge in [-0.3, -0.25) is 0 Å². The number of hydrogen-bond donors (Lipinski definition) is 2. The fraction of sp³-hybridized carbons (Fsp3) is 0.350. The molecule has 4 aromatic rings. The Balaban J connectivity index is 1.77. The van der Waals surface area contributed by atoms with Gasteiger partial charge in [-0.25, -0.2) is 19.4 Å². The average Bonchev–Trinajstić information content (AvgIpc) is 3.32. The highest BCUT2D eigenvalue weighted by Gasteiger charge is 2.13. The number of aryl methyl sites for hydroxylation is 2. The van der Waals surface area contributed by atoms with Gasteiger partial charge in [-0.2, -0.15) is 5.10 Å². The van der Waals surface area contributed by atoms with Crippen molar-refractivity contribution in [3.63, 3.8) is 0 Å². The van der Waals surface area contributed by atoms with E-state index in [1.165, 1.54) is 0 Å². The normalized spacial score (nSPS) is 11.9. The van der Waals surface area contributed by atoms with Crippen molar-refractivity contribution >= 4 is 19.4 Å². The van der Waals surface area contributed by atoms with E-state index in [0.29, 0.717) is 12.5 Å². The van der Waals surface area contributed by atoms with Gasteiger partial charge in [0.05, 0.1) is 17.9 Å². The van der Waals surface area contributed by atoms with E-state index in [1.807, 2.05) is 36.0 Å². The second kappa shape index (κ2) is 7.78. The lowest BCUT2D eigenvalue weighted by molar-refractivity contribution is 0.288. The van der Waals surface area contributed by atoms with Crippen LogP contribution in [-0.2, 0) is 6.42 Å². The first-order valence-corrected chi connectivity index (χ1v) is 10.2. The third kappa shape index (κ3) is 3.68. The van der Waals surface area contributed by atoms with E-state index in [2.05, 4.69) is 44.9 Å². The molecule has 0 bridgehead atoms. The van der Waals surface area contributed by atoms with Crippen LogP contribution in [0.4, 0.5) is 0 Å². The lowest BCUT2D eigenvalue weighted by atomic mass is 10.1. The first kappa shape index (κ1) is 18.7. The van der Waals surface area contributed by atoms with Crippen molar-refractivity contribution in [3.8, 4) is 22.1 Å². The highest BCUT2D eigenvalue weighted by atomic mass is 31.0. The topological polar surface area (TPSA) is 92.5 Å². The highest BCUT2D eigenvalue weighted by molar-refractivity contribution is 7.30. The molecule has 0 fully saturated rings. The molecule has 2 N–H and O–H groups in total. The molecule has 0 radical (unpaired) electrons. The summed E-state index contributed by atoms with van der Waals surface area (Å²) in [5, 5.41) is 15.7. The van der Waals surface area contributed by atoms with Crippen molar-refractivity contribution in [3.05, 3.63) is 42.2 Å². The van der Waals surface area contributed by atoms with Crippen LogP contribution in [0.15, 0.2) is 30.7 Å². The lowest BCUT2D eigenvalue weighted by Crippen LogP contribution is -1.99. The number of nitrogens with one attached hydrogen (secondary N) is 1. The molecule has 0 saturated carbocycles. The summed E-state index contributed by atoms with van der Waals surface area (Å²) in [5.74, 6) is 0.729. The fourth-order valence-electron chi connectivity index (χ4n) is 3.17. The number of aliphatic hydroxyl groups is 1. The van der Waals surface area contributed by atoms with Crippen molar-refractivity contribution in [1.29, 1.82) is 0 Å². The van der Waals surface area contributed by atoms with Crippen LogP contribution in [0.5, 0.6) is 0 Å².